The van der Waals surface area contributed by atoms with E-state index in [1.54, 1.807) is 0 Å². The van der Waals surface area contributed by atoms with Crippen molar-refractivity contribution in [2.75, 3.05) is 18.5 Å². The highest BCUT2D eigenvalue weighted by Gasteiger charge is 2.30. The Labute approximate surface area is 128 Å². The van der Waals surface area contributed by atoms with Gasteiger partial charge in [-0.2, -0.15) is 0 Å². The fraction of sp³-hybridized carbons (Fsp3) is 0.562. The average Bonchev–Trinajstić information content (AvgIpc) is 2.94. The summed E-state index contributed by atoms with van der Waals surface area (Å²) in [6, 6.07) is 6.35. The van der Waals surface area contributed by atoms with Crippen LogP contribution >= 0.6 is 15.9 Å². The van der Waals surface area contributed by atoms with Crippen molar-refractivity contribution >= 4 is 21.8 Å². The molecule has 0 spiro atoms. The van der Waals surface area contributed by atoms with E-state index in [0.29, 0.717) is 13.2 Å². The van der Waals surface area contributed by atoms with Crippen LogP contribution in [-0.2, 0) is 17.6 Å². The number of fused-ring (bicyclic) bond motifs is 1. The molecule has 3 rings (SSSR count). The van der Waals surface area contributed by atoms with Gasteiger partial charge in [-0.25, -0.2) is 0 Å². The van der Waals surface area contributed by atoms with Crippen LogP contribution in [0.5, 0.6) is 0 Å². The summed E-state index contributed by atoms with van der Waals surface area (Å²) in [5.41, 5.74) is 3.59. The maximum absolute atomic E-state index is 12.7. The lowest BCUT2D eigenvalue weighted by Gasteiger charge is -2.37. The Balaban J connectivity index is 1.80. The molecule has 1 aromatic carbocycles. The topological polar surface area (TPSA) is 29.5 Å². The average molecular weight is 338 g/mol. The van der Waals surface area contributed by atoms with Gasteiger partial charge in [0.25, 0.3) is 5.91 Å². The van der Waals surface area contributed by atoms with Gasteiger partial charge >= 0.3 is 0 Å². The monoisotopic (exact) mass is 337 g/mol. The Morgan fingerprint density at radius 3 is 3.00 bits per heavy atom. The maximum Gasteiger partial charge on any atom is 0.254 e. The van der Waals surface area contributed by atoms with E-state index >= 15 is 0 Å². The van der Waals surface area contributed by atoms with Crippen LogP contribution in [0.2, 0.25) is 0 Å². The van der Waals surface area contributed by atoms with Crippen molar-refractivity contribution in [3.8, 4) is 0 Å². The highest BCUT2D eigenvalue weighted by atomic mass is 79.9. The van der Waals surface area contributed by atoms with Gasteiger partial charge in [0, 0.05) is 17.4 Å². The van der Waals surface area contributed by atoms with Gasteiger partial charge in [-0.15, -0.1) is 0 Å². The zero-order chi connectivity index (χ0) is 14.1. The quantitative estimate of drug-likeness (QED) is 0.776. The van der Waals surface area contributed by atoms with E-state index in [-0.39, 0.29) is 18.1 Å². The molecule has 0 saturated carbocycles. The normalized spacial score (nSPS) is 25.6. The van der Waals surface area contributed by atoms with Gasteiger partial charge < -0.3 is 9.64 Å². The number of ether oxygens (including phenoxy) is 1. The number of morpholine rings is 1. The summed E-state index contributed by atoms with van der Waals surface area (Å²) < 4.78 is 5.69. The largest absolute Gasteiger partial charge is 0.373 e. The predicted molar refractivity (Wildman–Crippen MR) is 82.5 cm³/mol. The third-order valence-corrected chi connectivity index (χ3v) is 5.01. The van der Waals surface area contributed by atoms with Gasteiger partial charge in [-0.05, 0) is 49.4 Å². The smallest absolute Gasteiger partial charge is 0.254 e. The first kappa shape index (κ1) is 14.1. The minimum absolute atomic E-state index is 0.101. The van der Waals surface area contributed by atoms with Crippen LogP contribution < -0.4 is 0 Å². The standard InChI is InChI=1S/C16H20BrNO2/c1-11-10-20-15(8-17)9-18(11)16(19)14-6-5-12-3-2-4-13(12)7-14/h5-7,11,15H,2-4,8-10H2,1H3. The molecule has 0 N–H and O–H groups in total. The minimum atomic E-state index is 0.101. The molecule has 1 saturated heterocycles. The summed E-state index contributed by atoms with van der Waals surface area (Å²) in [4.78, 5) is 14.7. The van der Waals surface area contributed by atoms with E-state index in [1.165, 1.54) is 17.5 Å². The number of benzene rings is 1. The molecule has 0 bridgehead atoms. The molecule has 0 radical (unpaired) electrons. The van der Waals surface area contributed by atoms with E-state index in [1.807, 2.05) is 11.0 Å². The Morgan fingerprint density at radius 2 is 2.20 bits per heavy atom. The summed E-state index contributed by atoms with van der Waals surface area (Å²) in [6.45, 7) is 3.34. The second kappa shape index (κ2) is 5.86. The molecule has 2 unspecified atom stereocenters. The zero-order valence-electron chi connectivity index (χ0n) is 11.8. The molecular formula is C16H20BrNO2. The van der Waals surface area contributed by atoms with E-state index in [4.69, 9.17) is 4.74 Å². The first-order valence-electron chi connectivity index (χ1n) is 7.29. The van der Waals surface area contributed by atoms with Crippen molar-refractivity contribution in [3.05, 3.63) is 34.9 Å². The van der Waals surface area contributed by atoms with Crippen LogP contribution in [-0.4, -0.2) is 41.4 Å². The van der Waals surface area contributed by atoms with Crippen molar-refractivity contribution in [2.24, 2.45) is 0 Å². The number of carbonyl (C=O) groups is 1. The molecule has 1 aromatic rings. The third-order valence-electron chi connectivity index (χ3n) is 4.28. The molecule has 1 fully saturated rings. The zero-order valence-corrected chi connectivity index (χ0v) is 13.4. The highest BCUT2D eigenvalue weighted by molar-refractivity contribution is 9.09. The second-order valence-corrected chi connectivity index (χ2v) is 6.40. The number of aryl methyl sites for hydroxylation is 2. The number of rotatable bonds is 2. The van der Waals surface area contributed by atoms with E-state index < -0.39 is 0 Å². The summed E-state index contributed by atoms with van der Waals surface area (Å²) in [7, 11) is 0. The predicted octanol–water partition coefficient (Wildman–Crippen LogP) is 2.80. The van der Waals surface area contributed by atoms with Crippen LogP contribution in [0.3, 0.4) is 0 Å². The summed E-state index contributed by atoms with van der Waals surface area (Å²) in [6.07, 6.45) is 3.58. The van der Waals surface area contributed by atoms with Gasteiger partial charge in [0.1, 0.15) is 0 Å². The molecule has 2 aliphatic rings. The number of amides is 1. The Hall–Kier alpha value is -0.870. The molecular weight excluding hydrogens is 318 g/mol. The van der Waals surface area contributed by atoms with Crippen molar-refractivity contribution in [1.29, 1.82) is 0 Å². The van der Waals surface area contributed by atoms with E-state index in [2.05, 4.69) is 35.0 Å². The molecule has 3 nitrogen and oxygen atoms in total. The van der Waals surface area contributed by atoms with Gasteiger partial charge in [0.15, 0.2) is 0 Å². The number of carbonyl (C=O) groups excluding carboxylic acids is 1. The summed E-state index contributed by atoms with van der Waals surface area (Å²) in [5, 5.41) is 0.772. The molecule has 2 atom stereocenters. The lowest BCUT2D eigenvalue weighted by atomic mass is 10.0. The van der Waals surface area contributed by atoms with Crippen LogP contribution in [0.15, 0.2) is 18.2 Å². The first-order chi connectivity index (χ1) is 9.69. The van der Waals surface area contributed by atoms with Gasteiger partial charge in [-0.3, -0.25) is 4.79 Å². The number of hydrogen-bond acceptors (Lipinski definition) is 2. The molecule has 4 heteroatoms. The summed E-state index contributed by atoms with van der Waals surface area (Å²) >= 11 is 3.44. The third kappa shape index (κ3) is 2.63. The second-order valence-electron chi connectivity index (χ2n) is 5.75. The van der Waals surface area contributed by atoms with Crippen LogP contribution in [0, 0.1) is 0 Å². The number of halogens is 1. The Kier molecular flexibility index (Phi) is 4.13. The lowest BCUT2D eigenvalue weighted by molar-refractivity contribution is -0.0361. The van der Waals surface area contributed by atoms with Crippen molar-refractivity contribution in [1.82, 2.24) is 4.90 Å². The van der Waals surface area contributed by atoms with Crippen LogP contribution in [0.1, 0.15) is 34.8 Å². The maximum atomic E-state index is 12.7. The molecule has 1 heterocycles. The SMILES string of the molecule is CC1COC(CBr)CN1C(=O)c1ccc2c(c1)CCC2. The van der Waals surface area contributed by atoms with Crippen molar-refractivity contribution in [3.63, 3.8) is 0 Å². The molecule has 1 aliphatic heterocycles. The fourth-order valence-electron chi connectivity index (χ4n) is 3.06. The van der Waals surface area contributed by atoms with E-state index in [0.717, 1.165) is 23.7 Å². The Morgan fingerprint density at radius 1 is 1.40 bits per heavy atom. The highest BCUT2D eigenvalue weighted by Crippen LogP contribution is 2.24. The van der Waals surface area contributed by atoms with Gasteiger partial charge in [-0.1, -0.05) is 22.0 Å². The molecule has 0 aromatic heterocycles. The molecule has 1 amide bonds. The minimum Gasteiger partial charge on any atom is -0.373 e. The molecule has 1 aliphatic carbocycles. The number of alkyl halides is 1. The fourth-order valence-corrected chi connectivity index (χ4v) is 3.46. The molecule has 108 valence electrons. The van der Waals surface area contributed by atoms with Gasteiger partial charge in [0.2, 0.25) is 0 Å². The van der Waals surface area contributed by atoms with Crippen LogP contribution in [0.4, 0.5) is 0 Å². The number of hydrogen-bond donors (Lipinski definition) is 0. The van der Waals surface area contributed by atoms with Gasteiger partial charge in [0.05, 0.1) is 18.8 Å². The van der Waals surface area contributed by atoms with Crippen LogP contribution in [0.25, 0.3) is 0 Å². The van der Waals surface area contributed by atoms with E-state index in [9.17, 15) is 4.79 Å². The lowest BCUT2D eigenvalue weighted by Crippen LogP contribution is -2.51. The van der Waals surface area contributed by atoms with Crippen molar-refractivity contribution < 1.29 is 9.53 Å². The van der Waals surface area contributed by atoms with Crippen molar-refractivity contribution in [2.45, 2.75) is 38.3 Å². The molecule has 20 heavy (non-hydrogen) atoms. The number of nitrogens with zero attached hydrogens (tertiary/aromatic N) is 1. The Bertz CT molecular complexity index is 517. The summed E-state index contributed by atoms with van der Waals surface area (Å²) in [5.74, 6) is 0.140. The first-order valence-corrected chi connectivity index (χ1v) is 8.41.